The summed E-state index contributed by atoms with van der Waals surface area (Å²) in [7, 11) is 0. The summed E-state index contributed by atoms with van der Waals surface area (Å²) < 4.78 is 4.89. The van der Waals surface area contributed by atoms with Gasteiger partial charge in [0.05, 0.1) is 0 Å². The molecule has 1 heterocycles. The van der Waals surface area contributed by atoms with E-state index in [0.29, 0.717) is 16.5 Å². The third-order valence-electron chi connectivity index (χ3n) is 1.90. The Balaban J connectivity index is 2.73. The molecule has 0 saturated heterocycles. The summed E-state index contributed by atoms with van der Waals surface area (Å²) >= 11 is 0. The second-order valence-corrected chi connectivity index (χ2v) is 2.87. The zero-order chi connectivity index (χ0) is 10.1. The van der Waals surface area contributed by atoms with Crippen LogP contribution in [0.4, 0.5) is 0 Å². The molecule has 4 nitrogen and oxygen atoms in total. The van der Waals surface area contributed by atoms with Crippen LogP contribution in [-0.4, -0.2) is 5.91 Å². The molecule has 0 aliphatic carbocycles. The molecule has 14 heavy (non-hydrogen) atoms. The lowest BCUT2D eigenvalue weighted by atomic mass is 10.1. The van der Waals surface area contributed by atoms with Gasteiger partial charge in [0.1, 0.15) is 5.58 Å². The van der Waals surface area contributed by atoms with Crippen molar-refractivity contribution in [2.75, 3.05) is 0 Å². The Morgan fingerprint density at radius 2 is 2.00 bits per heavy atom. The number of hydrogen-bond donors (Lipinski definition) is 1. The zero-order valence-corrected chi connectivity index (χ0v) is 7.19. The highest BCUT2D eigenvalue weighted by atomic mass is 16.4. The maximum atomic E-state index is 10.8. The topological polar surface area (TPSA) is 73.3 Å². The van der Waals surface area contributed by atoms with Crippen LogP contribution in [0.2, 0.25) is 0 Å². The van der Waals surface area contributed by atoms with Crippen LogP contribution in [0.25, 0.3) is 11.0 Å². The molecule has 0 fully saturated rings. The van der Waals surface area contributed by atoms with Gasteiger partial charge >= 0.3 is 5.63 Å². The van der Waals surface area contributed by atoms with Crippen LogP contribution in [0.3, 0.4) is 0 Å². The van der Waals surface area contributed by atoms with Gasteiger partial charge in [-0.3, -0.25) is 4.79 Å². The van der Waals surface area contributed by atoms with Crippen LogP contribution in [0.1, 0.15) is 10.4 Å². The lowest BCUT2D eigenvalue weighted by Crippen LogP contribution is -2.10. The van der Waals surface area contributed by atoms with Gasteiger partial charge in [-0.2, -0.15) is 0 Å². The number of primary amides is 1. The van der Waals surface area contributed by atoms with Gasteiger partial charge in [0.2, 0.25) is 5.91 Å². The quantitative estimate of drug-likeness (QED) is 0.677. The van der Waals surface area contributed by atoms with Crippen LogP contribution in [0.15, 0.2) is 39.5 Å². The van der Waals surface area contributed by atoms with Gasteiger partial charge in [0.25, 0.3) is 0 Å². The molecule has 2 aromatic rings. The van der Waals surface area contributed by atoms with Crippen molar-refractivity contribution in [3.8, 4) is 0 Å². The predicted octanol–water partition coefficient (Wildman–Crippen LogP) is 0.892. The SMILES string of the molecule is NC(=O)c1ccc2oc(=O)ccc2c1. The van der Waals surface area contributed by atoms with E-state index in [1.54, 1.807) is 18.2 Å². The number of hydrogen-bond acceptors (Lipinski definition) is 3. The second kappa shape index (κ2) is 2.99. The maximum Gasteiger partial charge on any atom is 0.336 e. The highest BCUT2D eigenvalue weighted by Gasteiger charge is 2.02. The van der Waals surface area contributed by atoms with E-state index in [2.05, 4.69) is 0 Å². The van der Waals surface area contributed by atoms with Crippen molar-refractivity contribution in [3.05, 3.63) is 46.3 Å². The van der Waals surface area contributed by atoms with Crippen molar-refractivity contribution in [1.82, 2.24) is 0 Å². The number of fused-ring (bicyclic) bond motifs is 1. The van der Waals surface area contributed by atoms with E-state index in [-0.39, 0.29) is 0 Å². The minimum absolute atomic E-state index is 0.395. The fourth-order valence-corrected chi connectivity index (χ4v) is 1.23. The van der Waals surface area contributed by atoms with Gasteiger partial charge in [-0.1, -0.05) is 0 Å². The van der Waals surface area contributed by atoms with Crippen LogP contribution in [0.5, 0.6) is 0 Å². The number of carbonyl (C=O) groups is 1. The minimum atomic E-state index is -0.502. The normalized spacial score (nSPS) is 10.3. The molecule has 0 radical (unpaired) electrons. The smallest absolute Gasteiger partial charge is 0.336 e. The first-order valence-electron chi connectivity index (χ1n) is 4.00. The number of amides is 1. The molecular weight excluding hydrogens is 182 g/mol. The van der Waals surface area contributed by atoms with E-state index in [4.69, 9.17) is 10.2 Å². The summed E-state index contributed by atoms with van der Waals surface area (Å²) in [6.45, 7) is 0. The molecule has 0 spiro atoms. The first-order chi connectivity index (χ1) is 6.66. The molecule has 2 N–H and O–H groups in total. The van der Waals surface area contributed by atoms with Crippen molar-refractivity contribution in [2.45, 2.75) is 0 Å². The van der Waals surface area contributed by atoms with Crippen molar-refractivity contribution >= 4 is 16.9 Å². The number of rotatable bonds is 1. The van der Waals surface area contributed by atoms with Crippen molar-refractivity contribution < 1.29 is 9.21 Å². The molecule has 2 rings (SSSR count). The van der Waals surface area contributed by atoms with Crippen LogP contribution in [0, 0.1) is 0 Å². The van der Waals surface area contributed by atoms with E-state index in [9.17, 15) is 9.59 Å². The molecule has 0 aliphatic heterocycles. The largest absolute Gasteiger partial charge is 0.423 e. The highest BCUT2D eigenvalue weighted by Crippen LogP contribution is 2.13. The number of nitrogens with two attached hydrogens (primary N) is 1. The Morgan fingerprint density at radius 3 is 2.71 bits per heavy atom. The van der Waals surface area contributed by atoms with E-state index < -0.39 is 11.5 Å². The molecule has 70 valence electrons. The van der Waals surface area contributed by atoms with Crippen molar-refractivity contribution in [2.24, 2.45) is 5.73 Å². The summed E-state index contributed by atoms with van der Waals surface area (Å²) in [5.74, 6) is -0.502. The monoisotopic (exact) mass is 189 g/mol. The fraction of sp³-hybridized carbons (Fsp3) is 0. The Hall–Kier alpha value is -2.10. The Morgan fingerprint density at radius 1 is 1.21 bits per heavy atom. The average Bonchev–Trinajstić information content (AvgIpc) is 2.16. The highest BCUT2D eigenvalue weighted by molar-refractivity contribution is 5.96. The first kappa shape index (κ1) is 8.50. The van der Waals surface area contributed by atoms with Gasteiger partial charge in [0.15, 0.2) is 0 Å². The Kier molecular flexibility index (Phi) is 1.81. The zero-order valence-electron chi connectivity index (χ0n) is 7.19. The molecule has 0 unspecified atom stereocenters. The third kappa shape index (κ3) is 1.37. The molecule has 1 aromatic heterocycles. The van der Waals surface area contributed by atoms with Gasteiger partial charge < -0.3 is 10.2 Å². The van der Waals surface area contributed by atoms with E-state index in [1.807, 2.05) is 0 Å². The fourth-order valence-electron chi connectivity index (χ4n) is 1.23. The molecule has 1 aromatic carbocycles. The maximum absolute atomic E-state index is 10.8. The number of benzene rings is 1. The standard InChI is InChI=1S/C10H7NO3/c11-10(13)7-1-3-8-6(5-7)2-4-9(12)14-8/h1-5H,(H2,11,13). The second-order valence-electron chi connectivity index (χ2n) is 2.87. The molecule has 0 bridgehead atoms. The van der Waals surface area contributed by atoms with Gasteiger partial charge in [-0.05, 0) is 24.3 Å². The molecular formula is C10H7NO3. The molecule has 4 heteroatoms. The van der Waals surface area contributed by atoms with Crippen molar-refractivity contribution in [1.29, 1.82) is 0 Å². The molecule has 0 atom stereocenters. The predicted molar refractivity (Wildman–Crippen MR) is 51.0 cm³/mol. The molecule has 1 amide bonds. The molecule has 0 aliphatic rings. The summed E-state index contributed by atoms with van der Waals surface area (Å²) in [6, 6.07) is 7.55. The van der Waals surface area contributed by atoms with E-state index in [0.717, 1.165) is 0 Å². The van der Waals surface area contributed by atoms with Gasteiger partial charge in [-0.15, -0.1) is 0 Å². The van der Waals surface area contributed by atoms with Crippen molar-refractivity contribution in [3.63, 3.8) is 0 Å². The van der Waals surface area contributed by atoms with E-state index >= 15 is 0 Å². The van der Waals surface area contributed by atoms with Crippen LogP contribution < -0.4 is 11.4 Å². The van der Waals surface area contributed by atoms with Gasteiger partial charge in [-0.25, -0.2) is 4.79 Å². The minimum Gasteiger partial charge on any atom is -0.423 e. The Bertz CT molecular complexity index is 557. The summed E-state index contributed by atoms with van der Waals surface area (Å²) in [4.78, 5) is 21.7. The van der Waals surface area contributed by atoms with Crippen LogP contribution >= 0.6 is 0 Å². The lowest BCUT2D eigenvalue weighted by Gasteiger charge is -1.97. The Labute approximate surface area is 78.9 Å². The summed E-state index contributed by atoms with van der Waals surface area (Å²) in [5.41, 5.74) is 5.53. The lowest BCUT2D eigenvalue weighted by molar-refractivity contribution is 0.100. The third-order valence-corrected chi connectivity index (χ3v) is 1.90. The summed E-state index contributed by atoms with van der Waals surface area (Å²) in [5, 5.41) is 0.681. The van der Waals surface area contributed by atoms with Gasteiger partial charge in [0, 0.05) is 17.0 Å². The first-order valence-corrected chi connectivity index (χ1v) is 4.00. The van der Waals surface area contributed by atoms with Crippen LogP contribution in [-0.2, 0) is 0 Å². The van der Waals surface area contributed by atoms with E-state index in [1.165, 1.54) is 12.1 Å². The molecule has 0 saturated carbocycles. The number of carbonyl (C=O) groups excluding carboxylic acids is 1. The summed E-state index contributed by atoms with van der Waals surface area (Å²) in [6.07, 6.45) is 0. The average molecular weight is 189 g/mol.